The summed E-state index contributed by atoms with van der Waals surface area (Å²) in [6, 6.07) is 13.8. The first kappa shape index (κ1) is 25.5. The van der Waals surface area contributed by atoms with Crippen molar-refractivity contribution in [1.29, 1.82) is 0 Å². The standard InChI is InChI=1S/C28H36ClN3O3/c1-20-6-3-9-25-27(20)30-26(19-35-24-12-10-23(29)11-13-24)32(25)16-5-8-22-7-4-15-31(18-22)17-14-21(2)28(33)34/h3,6,9-13,21-22H,4-5,7-8,14-19H2,1-2H3,(H,33,34). The number of nitrogens with zero attached hydrogens (tertiary/aromatic N) is 3. The molecule has 6 nitrogen and oxygen atoms in total. The Morgan fingerprint density at radius 3 is 2.80 bits per heavy atom. The molecule has 1 aromatic heterocycles. The van der Waals surface area contributed by atoms with E-state index < -0.39 is 5.97 Å². The highest BCUT2D eigenvalue weighted by atomic mass is 35.5. The van der Waals surface area contributed by atoms with E-state index in [-0.39, 0.29) is 5.92 Å². The number of aliphatic carboxylic acids is 1. The Labute approximate surface area is 212 Å². The monoisotopic (exact) mass is 497 g/mol. The lowest BCUT2D eigenvalue weighted by molar-refractivity contribution is -0.141. The van der Waals surface area contributed by atoms with Gasteiger partial charge < -0.3 is 19.3 Å². The summed E-state index contributed by atoms with van der Waals surface area (Å²) in [4.78, 5) is 18.5. The van der Waals surface area contributed by atoms with Crippen molar-refractivity contribution in [2.75, 3.05) is 19.6 Å². The number of fused-ring (bicyclic) bond motifs is 1. The van der Waals surface area contributed by atoms with Gasteiger partial charge in [-0.3, -0.25) is 4.79 Å². The molecular weight excluding hydrogens is 462 g/mol. The zero-order valence-electron chi connectivity index (χ0n) is 20.8. The Kier molecular flexibility index (Phi) is 8.69. The molecule has 1 N–H and O–H groups in total. The number of rotatable bonds is 11. The van der Waals surface area contributed by atoms with E-state index in [1.165, 1.54) is 18.4 Å². The molecule has 1 fully saturated rings. The minimum absolute atomic E-state index is 0.276. The van der Waals surface area contributed by atoms with Crippen molar-refractivity contribution in [3.05, 3.63) is 58.9 Å². The van der Waals surface area contributed by atoms with E-state index in [0.29, 0.717) is 17.5 Å². The fraction of sp³-hybridized carbons (Fsp3) is 0.500. The van der Waals surface area contributed by atoms with Gasteiger partial charge in [0.1, 0.15) is 18.2 Å². The second-order valence-corrected chi connectivity index (χ2v) is 10.3. The van der Waals surface area contributed by atoms with Crippen LogP contribution in [0.3, 0.4) is 0 Å². The van der Waals surface area contributed by atoms with E-state index >= 15 is 0 Å². The van der Waals surface area contributed by atoms with Crippen molar-refractivity contribution >= 4 is 28.6 Å². The Bertz CT molecular complexity index is 1130. The SMILES string of the molecule is Cc1cccc2c1nc(COc1ccc(Cl)cc1)n2CCCC1CCCN(CCC(C)C(=O)O)C1. The molecule has 1 saturated heterocycles. The Morgan fingerprint density at radius 2 is 2.03 bits per heavy atom. The molecule has 188 valence electrons. The molecule has 0 spiro atoms. The number of hydrogen-bond donors (Lipinski definition) is 1. The predicted octanol–water partition coefficient (Wildman–Crippen LogP) is 6.18. The third kappa shape index (κ3) is 6.77. The lowest BCUT2D eigenvalue weighted by atomic mass is 9.93. The summed E-state index contributed by atoms with van der Waals surface area (Å²) in [5.74, 6) is 1.41. The molecule has 3 aromatic rings. The second kappa shape index (κ2) is 11.9. The van der Waals surface area contributed by atoms with Crippen LogP contribution in [0.1, 0.15) is 50.4 Å². The number of para-hydroxylation sites is 1. The van der Waals surface area contributed by atoms with E-state index in [0.717, 1.165) is 68.0 Å². The summed E-state index contributed by atoms with van der Waals surface area (Å²) >= 11 is 6.00. The van der Waals surface area contributed by atoms with Crippen LogP contribution in [0, 0.1) is 18.8 Å². The first-order valence-electron chi connectivity index (χ1n) is 12.7. The van der Waals surface area contributed by atoms with Gasteiger partial charge in [-0.2, -0.15) is 0 Å². The van der Waals surface area contributed by atoms with E-state index in [1.54, 1.807) is 6.92 Å². The highest BCUT2D eigenvalue weighted by molar-refractivity contribution is 6.30. The number of halogens is 1. The van der Waals surface area contributed by atoms with Gasteiger partial charge in [0.2, 0.25) is 0 Å². The maximum absolute atomic E-state index is 11.1. The molecule has 4 rings (SSSR count). The van der Waals surface area contributed by atoms with E-state index in [2.05, 4.69) is 34.6 Å². The summed E-state index contributed by atoms with van der Waals surface area (Å²) in [5.41, 5.74) is 3.37. The highest BCUT2D eigenvalue weighted by Gasteiger charge is 2.21. The second-order valence-electron chi connectivity index (χ2n) is 9.84. The Morgan fingerprint density at radius 1 is 1.23 bits per heavy atom. The van der Waals surface area contributed by atoms with Gasteiger partial charge in [0.25, 0.3) is 0 Å². The van der Waals surface area contributed by atoms with Crippen LogP contribution in [0.25, 0.3) is 11.0 Å². The number of aryl methyl sites for hydroxylation is 2. The fourth-order valence-electron chi connectivity index (χ4n) is 5.00. The molecule has 35 heavy (non-hydrogen) atoms. The summed E-state index contributed by atoms with van der Waals surface area (Å²) in [6.45, 7) is 8.26. The van der Waals surface area contributed by atoms with Crippen molar-refractivity contribution in [2.45, 2.75) is 59.1 Å². The van der Waals surface area contributed by atoms with Crippen LogP contribution in [-0.4, -0.2) is 45.2 Å². The zero-order valence-corrected chi connectivity index (χ0v) is 21.5. The van der Waals surface area contributed by atoms with Gasteiger partial charge in [-0.15, -0.1) is 0 Å². The number of hydrogen-bond acceptors (Lipinski definition) is 4. The number of carboxylic acid groups (broad SMARTS) is 1. The smallest absolute Gasteiger partial charge is 0.306 e. The molecule has 2 aromatic carbocycles. The van der Waals surface area contributed by atoms with E-state index in [9.17, 15) is 4.79 Å². The van der Waals surface area contributed by atoms with Crippen molar-refractivity contribution in [2.24, 2.45) is 11.8 Å². The minimum atomic E-state index is -0.697. The normalized spacial score (nSPS) is 17.5. The van der Waals surface area contributed by atoms with Gasteiger partial charge >= 0.3 is 5.97 Å². The van der Waals surface area contributed by atoms with Crippen LogP contribution in [-0.2, 0) is 17.9 Å². The molecule has 0 aliphatic carbocycles. The maximum atomic E-state index is 11.1. The maximum Gasteiger partial charge on any atom is 0.306 e. The average molecular weight is 498 g/mol. The molecule has 2 heterocycles. The number of ether oxygens (including phenoxy) is 1. The number of benzene rings is 2. The summed E-state index contributed by atoms with van der Waals surface area (Å²) in [6.07, 6.45) is 5.41. The highest BCUT2D eigenvalue weighted by Crippen LogP contribution is 2.25. The molecule has 0 bridgehead atoms. The molecule has 2 unspecified atom stereocenters. The zero-order chi connectivity index (χ0) is 24.8. The van der Waals surface area contributed by atoms with Crippen LogP contribution >= 0.6 is 11.6 Å². The number of likely N-dealkylation sites (tertiary alicyclic amines) is 1. The molecule has 7 heteroatoms. The summed E-state index contributed by atoms with van der Waals surface area (Å²) < 4.78 is 8.35. The van der Waals surface area contributed by atoms with Crippen LogP contribution < -0.4 is 4.74 Å². The topological polar surface area (TPSA) is 67.6 Å². The van der Waals surface area contributed by atoms with Gasteiger partial charge in [0, 0.05) is 18.1 Å². The third-order valence-electron chi connectivity index (χ3n) is 7.14. The summed E-state index contributed by atoms with van der Waals surface area (Å²) in [7, 11) is 0. The van der Waals surface area contributed by atoms with Gasteiger partial charge in [-0.25, -0.2) is 4.98 Å². The van der Waals surface area contributed by atoms with E-state index in [4.69, 9.17) is 26.4 Å². The van der Waals surface area contributed by atoms with E-state index in [1.807, 2.05) is 24.3 Å². The number of carbonyl (C=O) groups is 1. The van der Waals surface area contributed by atoms with Crippen molar-refractivity contribution in [3.63, 3.8) is 0 Å². The number of carboxylic acids is 1. The lowest BCUT2D eigenvalue weighted by Crippen LogP contribution is -2.37. The van der Waals surface area contributed by atoms with Gasteiger partial charge in [0.15, 0.2) is 0 Å². The average Bonchev–Trinajstić information content (AvgIpc) is 3.21. The van der Waals surface area contributed by atoms with Crippen molar-refractivity contribution in [3.8, 4) is 5.75 Å². The van der Waals surface area contributed by atoms with Gasteiger partial charge in [-0.1, -0.05) is 30.7 Å². The minimum Gasteiger partial charge on any atom is -0.486 e. The van der Waals surface area contributed by atoms with Crippen LogP contribution in [0.4, 0.5) is 0 Å². The number of aromatic nitrogens is 2. The third-order valence-corrected chi connectivity index (χ3v) is 7.39. The molecule has 0 radical (unpaired) electrons. The Balaban J connectivity index is 1.37. The number of imidazole rings is 1. The Hall–Kier alpha value is -2.57. The molecule has 1 aliphatic rings. The first-order chi connectivity index (χ1) is 16.9. The van der Waals surface area contributed by atoms with Crippen molar-refractivity contribution < 1.29 is 14.6 Å². The van der Waals surface area contributed by atoms with Crippen molar-refractivity contribution in [1.82, 2.24) is 14.5 Å². The van der Waals surface area contributed by atoms with Gasteiger partial charge in [0.05, 0.1) is 17.0 Å². The predicted molar refractivity (Wildman–Crippen MR) is 140 cm³/mol. The molecule has 2 atom stereocenters. The fourth-order valence-corrected chi connectivity index (χ4v) is 5.13. The molecule has 1 aliphatic heterocycles. The molecular formula is C28H36ClN3O3. The largest absolute Gasteiger partial charge is 0.486 e. The van der Waals surface area contributed by atoms with Crippen LogP contribution in [0.2, 0.25) is 5.02 Å². The summed E-state index contributed by atoms with van der Waals surface area (Å²) in [5, 5.41) is 9.85. The van der Waals surface area contributed by atoms with Crippen LogP contribution in [0.5, 0.6) is 5.75 Å². The number of piperidine rings is 1. The molecule has 0 amide bonds. The first-order valence-corrected chi connectivity index (χ1v) is 13.1. The quantitative estimate of drug-likeness (QED) is 0.342. The van der Waals surface area contributed by atoms with Crippen LogP contribution in [0.15, 0.2) is 42.5 Å². The van der Waals surface area contributed by atoms with Gasteiger partial charge in [-0.05, 0) is 93.9 Å². The lowest BCUT2D eigenvalue weighted by Gasteiger charge is -2.33. The molecule has 0 saturated carbocycles.